The van der Waals surface area contributed by atoms with Crippen LogP contribution in [-0.2, 0) is 13.1 Å². The molecule has 1 heterocycles. The minimum Gasteiger partial charge on any atom is -0.347 e. The van der Waals surface area contributed by atoms with Gasteiger partial charge in [-0.2, -0.15) is 0 Å². The third-order valence-electron chi connectivity index (χ3n) is 5.09. The van der Waals surface area contributed by atoms with Gasteiger partial charge < -0.3 is 9.88 Å². The van der Waals surface area contributed by atoms with Crippen molar-refractivity contribution < 1.29 is 18.0 Å². The van der Waals surface area contributed by atoms with E-state index in [2.05, 4.69) is 5.32 Å². The Morgan fingerprint density at radius 2 is 1.54 bits per heavy atom. The molecule has 6 heteroatoms. The first-order valence-corrected chi connectivity index (χ1v) is 8.91. The lowest BCUT2D eigenvalue weighted by molar-refractivity contribution is 0.0941. The van der Waals surface area contributed by atoms with Gasteiger partial charge in [-0.3, -0.25) is 4.79 Å². The molecule has 0 atom stereocenters. The van der Waals surface area contributed by atoms with E-state index in [4.69, 9.17) is 0 Å². The van der Waals surface area contributed by atoms with Gasteiger partial charge in [-0.25, -0.2) is 13.2 Å². The summed E-state index contributed by atoms with van der Waals surface area (Å²) in [4.78, 5) is 12.9. The van der Waals surface area contributed by atoms with Crippen LogP contribution < -0.4 is 5.32 Å². The number of carbonyl (C=O) groups is 1. The van der Waals surface area contributed by atoms with Crippen molar-refractivity contribution in [2.75, 3.05) is 0 Å². The van der Waals surface area contributed by atoms with Crippen LogP contribution in [0, 0.1) is 38.2 Å². The number of rotatable bonds is 5. The van der Waals surface area contributed by atoms with Gasteiger partial charge in [0.1, 0.15) is 23.1 Å². The molecule has 0 radical (unpaired) electrons. The average molecular weight is 386 g/mol. The second-order valence-corrected chi connectivity index (χ2v) is 6.78. The third kappa shape index (κ3) is 3.81. The number of hydrogen-bond acceptors (Lipinski definition) is 1. The van der Waals surface area contributed by atoms with E-state index in [1.54, 1.807) is 16.7 Å². The topological polar surface area (TPSA) is 34.0 Å². The van der Waals surface area contributed by atoms with Gasteiger partial charge in [0.2, 0.25) is 0 Å². The van der Waals surface area contributed by atoms with E-state index in [1.807, 2.05) is 20.8 Å². The highest BCUT2D eigenvalue weighted by Crippen LogP contribution is 2.24. The molecule has 3 rings (SSSR count). The zero-order valence-corrected chi connectivity index (χ0v) is 15.9. The standard InChI is InChI=1S/C22H21F3N2O/c1-13-14(2)21(22(28)26-11-16-7-9-17(23)10-8-16)27(15(13)3)12-18-19(24)5-4-6-20(18)25/h4-10H,11-12H2,1-3H3,(H,26,28). The van der Waals surface area contributed by atoms with Crippen LogP contribution in [0.15, 0.2) is 42.5 Å². The monoisotopic (exact) mass is 386 g/mol. The van der Waals surface area contributed by atoms with Gasteiger partial charge in [0.05, 0.1) is 6.54 Å². The van der Waals surface area contributed by atoms with E-state index >= 15 is 0 Å². The zero-order chi connectivity index (χ0) is 20.4. The molecule has 146 valence electrons. The van der Waals surface area contributed by atoms with Crippen molar-refractivity contribution in [1.82, 2.24) is 9.88 Å². The fraction of sp³-hybridized carbons (Fsp3) is 0.227. The van der Waals surface area contributed by atoms with E-state index in [9.17, 15) is 18.0 Å². The molecule has 0 spiro atoms. The van der Waals surface area contributed by atoms with Crippen LogP contribution in [0.1, 0.15) is 38.4 Å². The molecule has 3 nitrogen and oxygen atoms in total. The Balaban J connectivity index is 1.91. The summed E-state index contributed by atoms with van der Waals surface area (Å²) >= 11 is 0. The molecule has 1 aromatic heterocycles. The van der Waals surface area contributed by atoms with Crippen molar-refractivity contribution in [3.63, 3.8) is 0 Å². The minimum atomic E-state index is -0.652. The van der Waals surface area contributed by atoms with E-state index < -0.39 is 11.6 Å². The molecule has 0 bridgehead atoms. The van der Waals surface area contributed by atoms with Crippen LogP contribution in [0.5, 0.6) is 0 Å². The fourth-order valence-corrected chi connectivity index (χ4v) is 3.22. The van der Waals surface area contributed by atoms with Crippen LogP contribution in [0.2, 0.25) is 0 Å². The van der Waals surface area contributed by atoms with Gasteiger partial charge in [-0.15, -0.1) is 0 Å². The number of benzene rings is 2. The summed E-state index contributed by atoms with van der Waals surface area (Å²) < 4.78 is 42.9. The highest BCUT2D eigenvalue weighted by Gasteiger charge is 2.22. The molecule has 0 aliphatic rings. The summed E-state index contributed by atoms with van der Waals surface area (Å²) in [5.41, 5.74) is 3.44. The number of nitrogens with one attached hydrogen (secondary N) is 1. The molecule has 0 unspecified atom stereocenters. The molecule has 1 amide bonds. The number of carbonyl (C=O) groups excluding carboxylic acids is 1. The van der Waals surface area contributed by atoms with Crippen LogP contribution in [0.25, 0.3) is 0 Å². The first kappa shape index (κ1) is 19.7. The first-order valence-electron chi connectivity index (χ1n) is 8.91. The van der Waals surface area contributed by atoms with Crippen molar-refractivity contribution in [3.8, 4) is 0 Å². The van der Waals surface area contributed by atoms with Crippen molar-refractivity contribution in [3.05, 3.63) is 93.6 Å². The van der Waals surface area contributed by atoms with Gasteiger partial charge in [-0.05, 0) is 61.7 Å². The average Bonchev–Trinajstić information content (AvgIpc) is 2.88. The normalized spacial score (nSPS) is 10.9. The van der Waals surface area contributed by atoms with E-state index in [0.717, 1.165) is 22.4 Å². The maximum atomic E-state index is 14.1. The zero-order valence-electron chi connectivity index (χ0n) is 15.9. The van der Waals surface area contributed by atoms with E-state index in [1.165, 1.54) is 30.3 Å². The lowest BCUT2D eigenvalue weighted by Crippen LogP contribution is -2.27. The van der Waals surface area contributed by atoms with E-state index in [0.29, 0.717) is 5.69 Å². The van der Waals surface area contributed by atoms with Crippen molar-refractivity contribution in [2.24, 2.45) is 0 Å². The summed E-state index contributed by atoms with van der Waals surface area (Å²) in [6, 6.07) is 9.54. The molecule has 28 heavy (non-hydrogen) atoms. The van der Waals surface area contributed by atoms with Crippen LogP contribution in [0.4, 0.5) is 13.2 Å². The quantitative estimate of drug-likeness (QED) is 0.671. The minimum absolute atomic E-state index is 0.0850. The Morgan fingerprint density at radius 3 is 2.14 bits per heavy atom. The third-order valence-corrected chi connectivity index (χ3v) is 5.09. The van der Waals surface area contributed by atoms with Crippen molar-refractivity contribution >= 4 is 5.91 Å². The number of amides is 1. The fourth-order valence-electron chi connectivity index (χ4n) is 3.22. The van der Waals surface area contributed by atoms with Crippen molar-refractivity contribution in [1.29, 1.82) is 0 Å². The lowest BCUT2D eigenvalue weighted by atomic mass is 10.1. The second-order valence-electron chi connectivity index (χ2n) is 6.78. The maximum absolute atomic E-state index is 14.1. The summed E-state index contributed by atoms with van der Waals surface area (Å²) in [6.45, 7) is 5.63. The molecule has 0 aliphatic carbocycles. The van der Waals surface area contributed by atoms with Gasteiger partial charge >= 0.3 is 0 Å². The summed E-state index contributed by atoms with van der Waals surface area (Å²) in [5.74, 6) is -2.00. The predicted molar refractivity (Wildman–Crippen MR) is 102 cm³/mol. The molecule has 0 saturated heterocycles. The predicted octanol–water partition coefficient (Wildman–Crippen LogP) is 4.81. The Kier molecular flexibility index (Phi) is 5.58. The smallest absolute Gasteiger partial charge is 0.268 e. The molecule has 2 aromatic carbocycles. The molecule has 0 fully saturated rings. The van der Waals surface area contributed by atoms with Gasteiger partial charge in [0, 0.05) is 17.8 Å². The summed E-state index contributed by atoms with van der Waals surface area (Å²) in [7, 11) is 0. The van der Waals surface area contributed by atoms with Crippen molar-refractivity contribution in [2.45, 2.75) is 33.9 Å². The molecular formula is C22H21F3N2O. The van der Waals surface area contributed by atoms with Crippen LogP contribution in [0.3, 0.4) is 0 Å². The molecular weight excluding hydrogens is 365 g/mol. The number of hydrogen-bond donors (Lipinski definition) is 1. The molecule has 3 aromatic rings. The highest BCUT2D eigenvalue weighted by atomic mass is 19.1. The lowest BCUT2D eigenvalue weighted by Gasteiger charge is -2.14. The Hall–Kier alpha value is -3.02. The molecule has 0 aliphatic heterocycles. The summed E-state index contributed by atoms with van der Waals surface area (Å²) in [5, 5.41) is 2.80. The maximum Gasteiger partial charge on any atom is 0.268 e. The SMILES string of the molecule is Cc1c(C)c(C(=O)NCc2ccc(F)cc2)n(Cc2c(F)cccc2F)c1C. The molecule has 1 N–H and O–H groups in total. The first-order chi connectivity index (χ1) is 13.3. The molecule has 0 saturated carbocycles. The Morgan fingerprint density at radius 1 is 0.929 bits per heavy atom. The van der Waals surface area contributed by atoms with Crippen LogP contribution >= 0.6 is 0 Å². The van der Waals surface area contributed by atoms with Gasteiger partial charge in [-0.1, -0.05) is 18.2 Å². The number of aromatic nitrogens is 1. The van der Waals surface area contributed by atoms with Crippen LogP contribution in [-0.4, -0.2) is 10.5 Å². The van der Waals surface area contributed by atoms with Gasteiger partial charge in [0.15, 0.2) is 0 Å². The Bertz CT molecular complexity index is 1000. The summed E-state index contributed by atoms with van der Waals surface area (Å²) in [6.07, 6.45) is 0. The van der Waals surface area contributed by atoms with E-state index in [-0.39, 0.29) is 30.4 Å². The highest BCUT2D eigenvalue weighted by molar-refractivity contribution is 5.95. The largest absolute Gasteiger partial charge is 0.347 e. The Labute approximate surface area is 161 Å². The second kappa shape index (κ2) is 7.92. The number of nitrogens with zero attached hydrogens (tertiary/aromatic N) is 1. The van der Waals surface area contributed by atoms with Gasteiger partial charge in [0.25, 0.3) is 5.91 Å². The number of halogens is 3.